The summed E-state index contributed by atoms with van der Waals surface area (Å²) in [5.74, 6) is 1.54. The highest BCUT2D eigenvalue weighted by molar-refractivity contribution is 5.36. The Hall–Kier alpha value is -1.33. The second-order valence-electron chi connectivity index (χ2n) is 4.44. The summed E-state index contributed by atoms with van der Waals surface area (Å²) < 4.78 is 5.09. The lowest BCUT2D eigenvalue weighted by molar-refractivity contribution is 0.240. The zero-order valence-electron chi connectivity index (χ0n) is 11.0. The number of aromatic nitrogens is 1. The molecule has 2 heterocycles. The Balaban J connectivity index is 1.65. The summed E-state index contributed by atoms with van der Waals surface area (Å²) in [5, 5.41) is 6.69. The predicted molar refractivity (Wildman–Crippen MR) is 73.2 cm³/mol. The number of methoxy groups -OCH3 is 1. The Morgan fingerprint density at radius 2 is 2.22 bits per heavy atom. The van der Waals surface area contributed by atoms with Crippen LogP contribution in [0.1, 0.15) is 6.42 Å². The summed E-state index contributed by atoms with van der Waals surface area (Å²) in [6, 6.07) is 5.77. The fourth-order valence-corrected chi connectivity index (χ4v) is 2.08. The molecule has 0 aliphatic carbocycles. The highest BCUT2D eigenvalue weighted by Crippen LogP contribution is 2.10. The second-order valence-corrected chi connectivity index (χ2v) is 4.44. The van der Waals surface area contributed by atoms with Crippen molar-refractivity contribution in [2.45, 2.75) is 6.42 Å². The summed E-state index contributed by atoms with van der Waals surface area (Å²) in [5.41, 5.74) is 0. The highest BCUT2D eigenvalue weighted by atomic mass is 16.5. The van der Waals surface area contributed by atoms with Crippen LogP contribution in [0.4, 0.5) is 5.82 Å². The molecule has 0 bridgehead atoms. The standard InChI is InChI=1S/C13H22N4O/c1-18-13-5-2-4-12(16-13)15-6-3-9-17-10-7-14-8-11-17/h2,4-5,14H,3,6-11H2,1H3,(H,15,16). The molecule has 5 nitrogen and oxygen atoms in total. The maximum Gasteiger partial charge on any atom is 0.214 e. The molecular weight excluding hydrogens is 228 g/mol. The van der Waals surface area contributed by atoms with Crippen molar-refractivity contribution in [3.63, 3.8) is 0 Å². The fourth-order valence-electron chi connectivity index (χ4n) is 2.08. The van der Waals surface area contributed by atoms with E-state index in [0.717, 1.165) is 51.5 Å². The smallest absolute Gasteiger partial charge is 0.214 e. The van der Waals surface area contributed by atoms with Gasteiger partial charge in [0.1, 0.15) is 5.82 Å². The van der Waals surface area contributed by atoms with Gasteiger partial charge in [-0.15, -0.1) is 0 Å². The SMILES string of the molecule is COc1cccc(NCCCN2CCNCC2)n1. The van der Waals surface area contributed by atoms with Gasteiger partial charge in [0.25, 0.3) is 0 Å². The molecule has 0 aromatic carbocycles. The first kappa shape index (κ1) is 13.1. The summed E-state index contributed by atoms with van der Waals surface area (Å²) in [7, 11) is 1.64. The molecule has 18 heavy (non-hydrogen) atoms. The number of hydrogen-bond donors (Lipinski definition) is 2. The molecule has 0 spiro atoms. The summed E-state index contributed by atoms with van der Waals surface area (Å²) in [6.07, 6.45) is 1.14. The van der Waals surface area contributed by atoms with Gasteiger partial charge in [-0.05, 0) is 19.0 Å². The Morgan fingerprint density at radius 1 is 1.39 bits per heavy atom. The van der Waals surface area contributed by atoms with Crippen LogP contribution < -0.4 is 15.4 Å². The molecule has 1 aromatic rings. The fraction of sp³-hybridized carbons (Fsp3) is 0.615. The molecule has 0 amide bonds. The van der Waals surface area contributed by atoms with E-state index in [1.165, 1.54) is 0 Å². The quantitative estimate of drug-likeness (QED) is 0.731. The zero-order chi connectivity index (χ0) is 12.6. The van der Waals surface area contributed by atoms with Gasteiger partial charge in [-0.2, -0.15) is 4.98 Å². The first-order valence-electron chi connectivity index (χ1n) is 6.56. The van der Waals surface area contributed by atoms with Crippen molar-refractivity contribution in [2.24, 2.45) is 0 Å². The van der Waals surface area contributed by atoms with E-state index in [4.69, 9.17) is 4.74 Å². The molecule has 1 aliphatic rings. The van der Waals surface area contributed by atoms with Crippen molar-refractivity contribution in [2.75, 3.05) is 51.7 Å². The normalized spacial score (nSPS) is 16.5. The maximum atomic E-state index is 5.09. The van der Waals surface area contributed by atoms with Crippen LogP contribution in [0.25, 0.3) is 0 Å². The number of pyridine rings is 1. The molecule has 1 fully saturated rings. The topological polar surface area (TPSA) is 49.4 Å². The molecule has 2 N–H and O–H groups in total. The Bertz CT molecular complexity index is 353. The third-order valence-corrected chi connectivity index (χ3v) is 3.10. The minimum atomic E-state index is 0.655. The lowest BCUT2D eigenvalue weighted by Crippen LogP contribution is -2.44. The monoisotopic (exact) mass is 250 g/mol. The van der Waals surface area contributed by atoms with E-state index in [-0.39, 0.29) is 0 Å². The largest absolute Gasteiger partial charge is 0.481 e. The van der Waals surface area contributed by atoms with Gasteiger partial charge >= 0.3 is 0 Å². The highest BCUT2D eigenvalue weighted by Gasteiger charge is 2.08. The van der Waals surface area contributed by atoms with Gasteiger partial charge < -0.3 is 20.3 Å². The molecule has 1 aliphatic heterocycles. The number of ether oxygens (including phenoxy) is 1. The van der Waals surface area contributed by atoms with Gasteiger partial charge in [0.05, 0.1) is 7.11 Å². The van der Waals surface area contributed by atoms with Crippen molar-refractivity contribution in [1.82, 2.24) is 15.2 Å². The van der Waals surface area contributed by atoms with E-state index in [1.54, 1.807) is 7.11 Å². The molecule has 0 saturated carbocycles. The zero-order valence-corrected chi connectivity index (χ0v) is 11.0. The first-order valence-corrected chi connectivity index (χ1v) is 6.56. The molecule has 1 saturated heterocycles. The van der Waals surface area contributed by atoms with Gasteiger partial charge in [-0.25, -0.2) is 0 Å². The van der Waals surface area contributed by atoms with Crippen LogP contribution in [0.3, 0.4) is 0 Å². The number of anilines is 1. The van der Waals surface area contributed by atoms with Crippen molar-refractivity contribution < 1.29 is 4.74 Å². The third-order valence-electron chi connectivity index (χ3n) is 3.10. The van der Waals surface area contributed by atoms with Gasteiger partial charge in [0.15, 0.2) is 0 Å². The van der Waals surface area contributed by atoms with E-state index >= 15 is 0 Å². The lowest BCUT2D eigenvalue weighted by atomic mass is 10.3. The lowest BCUT2D eigenvalue weighted by Gasteiger charge is -2.27. The molecule has 0 atom stereocenters. The molecule has 100 valence electrons. The minimum absolute atomic E-state index is 0.655. The Labute approximate surface area is 109 Å². The van der Waals surface area contributed by atoms with Crippen molar-refractivity contribution in [3.8, 4) is 5.88 Å². The molecule has 2 rings (SSSR count). The molecule has 1 aromatic heterocycles. The van der Waals surface area contributed by atoms with E-state index in [2.05, 4.69) is 20.5 Å². The third kappa shape index (κ3) is 4.16. The number of rotatable bonds is 6. The summed E-state index contributed by atoms with van der Waals surface area (Å²) in [6.45, 7) is 6.66. The Morgan fingerprint density at radius 3 is 3.00 bits per heavy atom. The first-order chi connectivity index (χ1) is 8.88. The van der Waals surface area contributed by atoms with Crippen LogP contribution in [-0.2, 0) is 0 Å². The van der Waals surface area contributed by atoms with Gasteiger partial charge in [0.2, 0.25) is 5.88 Å². The van der Waals surface area contributed by atoms with E-state index in [9.17, 15) is 0 Å². The average molecular weight is 250 g/mol. The average Bonchev–Trinajstić information content (AvgIpc) is 2.45. The van der Waals surface area contributed by atoms with E-state index in [0.29, 0.717) is 5.88 Å². The van der Waals surface area contributed by atoms with E-state index < -0.39 is 0 Å². The number of nitrogens with zero attached hydrogens (tertiary/aromatic N) is 2. The minimum Gasteiger partial charge on any atom is -0.481 e. The number of nitrogens with one attached hydrogen (secondary N) is 2. The summed E-state index contributed by atoms with van der Waals surface area (Å²) >= 11 is 0. The van der Waals surface area contributed by atoms with Crippen molar-refractivity contribution in [1.29, 1.82) is 0 Å². The molecular formula is C13H22N4O. The second kappa shape index (κ2) is 7.18. The number of hydrogen-bond acceptors (Lipinski definition) is 5. The van der Waals surface area contributed by atoms with Gasteiger partial charge in [0, 0.05) is 38.8 Å². The molecule has 0 radical (unpaired) electrons. The van der Waals surface area contributed by atoms with E-state index in [1.807, 2.05) is 18.2 Å². The summed E-state index contributed by atoms with van der Waals surface area (Å²) in [4.78, 5) is 6.82. The molecule has 5 heteroatoms. The van der Waals surface area contributed by atoms with Crippen molar-refractivity contribution >= 4 is 5.82 Å². The predicted octanol–water partition coefficient (Wildman–Crippen LogP) is 0.797. The van der Waals surface area contributed by atoms with Crippen LogP contribution in [0, 0.1) is 0 Å². The van der Waals surface area contributed by atoms with Crippen LogP contribution in [0.2, 0.25) is 0 Å². The van der Waals surface area contributed by atoms with Crippen molar-refractivity contribution in [3.05, 3.63) is 18.2 Å². The van der Waals surface area contributed by atoms with Crippen LogP contribution in [-0.4, -0.2) is 56.3 Å². The number of piperazine rings is 1. The van der Waals surface area contributed by atoms with Crippen LogP contribution >= 0.6 is 0 Å². The van der Waals surface area contributed by atoms with Gasteiger partial charge in [-0.1, -0.05) is 6.07 Å². The van der Waals surface area contributed by atoms with Crippen LogP contribution in [0.5, 0.6) is 5.88 Å². The Kier molecular flexibility index (Phi) is 5.23. The van der Waals surface area contributed by atoms with Crippen LogP contribution in [0.15, 0.2) is 18.2 Å². The maximum absolute atomic E-state index is 5.09. The van der Waals surface area contributed by atoms with Gasteiger partial charge in [-0.3, -0.25) is 0 Å². The molecule has 0 unspecified atom stereocenters.